The second kappa shape index (κ2) is 6.30. The molecule has 0 saturated heterocycles. The Hall–Kier alpha value is -1.82. The van der Waals surface area contributed by atoms with E-state index in [-0.39, 0.29) is 17.9 Å². The maximum absolute atomic E-state index is 11.0. The highest BCUT2D eigenvalue weighted by atomic mass is 16.6. The summed E-state index contributed by atoms with van der Waals surface area (Å²) in [5.41, 5.74) is 0.796. The second-order valence-electron chi connectivity index (χ2n) is 5.98. The number of nitro groups is 1. The minimum atomic E-state index is -0.405. The molecule has 6 heteroatoms. The van der Waals surface area contributed by atoms with Gasteiger partial charge in [-0.1, -0.05) is 0 Å². The molecule has 1 aliphatic carbocycles. The Bertz CT molecular complexity index is 512. The molecule has 6 nitrogen and oxygen atoms in total. The molecule has 0 aromatic heterocycles. The molecular formula is C15H22N2O4. The first-order chi connectivity index (χ1) is 9.85. The Morgan fingerprint density at radius 2 is 2.10 bits per heavy atom. The van der Waals surface area contributed by atoms with Crippen molar-refractivity contribution >= 4 is 11.4 Å². The quantitative estimate of drug-likeness (QED) is 0.644. The molecule has 0 unspecified atom stereocenters. The number of aliphatic hydroxyl groups excluding tert-OH is 1. The van der Waals surface area contributed by atoms with Gasteiger partial charge in [0.2, 0.25) is 0 Å². The van der Waals surface area contributed by atoms with E-state index in [1.165, 1.54) is 6.07 Å². The summed E-state index contributed by atoms with van der Waals surface area (Å²) >= 11 is 0. The van der Waals surface area contributed by atoms with Gasteiger partial charge in [-0.15, -0.1) is 0 Å². The molecule has 0 heterocycles. The smallest absolute Gasteiger partial charge is 0.275 e. The molecule has 1 aromatic rings. The van der Waals surface area contributed by atoms with E-state index < -0.39 is 4.92 Å². The minimum absolute atomic E-state index is 0.0312. The Kier molecular flexibility index (Phi) is 4.67. The fourth-order valence-electron chi connectivity index (χ4n) is 2.58. The van der Waals surface area contributed by atoms with Crippen LogP contribution in [0.4, 0.5) is 11.4 Å². The molecule has 1 aromatic carbocycles. The number of benzene rings is 1. The van der Waals surface area contributed by atoms with Gasteiger partial charge in [-0.05, 0) is 32.6 Å². The number of nitro benzene ring substituents is 1. The molecule has 1 saturated carbocycles. The molecule has 2 rings (SSSR count). The lowest BCUT2D eigenvalue weighted by Crippen LogP contribution is -2.37. The molecule has 21 heavy (non-hydrogen) atoms. The van der Waals surface area contributed by atoms with Gasteiger partial charge >= 0.3 is 0 Å². The number of rotatable bonds is 6. The van der Waals surface area contributed by atoms with Gasteiger partial charge in [-0.25, -0.2) is 0 Å². The van der Waals surface area contributed by atoms with E-state index in [1.807, 2.05) is 31.9 Å². The number of hydrogen-bond acceptors (Lipinski definition) is 5. The van der Waals surface area contributed by atoms with Crippen LogP contribution in [-0.2, 0) is 0 Å². The summed E-state index contributed by atoms with van der Waals surface area (Å²) in [6, 6.07) is 4.83. The van der Waals surface area contributed by atoms with Crippen molar-refractivity contribution in [1.29, 1.82) is 0 Å². The fourth-order valence-corrected chi connectivity index (χ4v) is 2.58. The van der Waals surface area contributed by atoms with Crippen LogP contribution in [-0.4, -0.2) is 35.8 Å². The molecule has 1 N–H and O–H groups in total. The van der Waals surface area contributed by atoms with Crippen molar-refractivity contribution in [2.75, 3.05) is 18.5 Å². The first kappa shape index (κ1) is 15.6. The van der Waals surface area contributed by atoms with Crippen molar-refractivity contribution in [3.8, 4) is 5.75 Å². The molecule has 0 aliphatic heterocycles. The van der Waals surface area contributed by atoms with E-state index in [0.717, 1.165) is 25.1 Å². The number of ether oxygens (including phenoxy) is 1. The molecule has 1 fully saturated rings. The van der Waals surface area contributed by atoms with Gasteiger partial charge in [-0.2, -0.15) is 0 Å². The third kappa shape index (κ3) is 4.07. The van der Waals surface area contributed by atoms with E-state index in [1.54, 1.807) is 6.07 Å². The van der Waals surface area contributed by atoms with Crippen LogP contribution in [0.5, 0.6) is 5.75 Å². The lowest BCUT2D eigenvalue weighted by Gasteiger charge is -2.35. The molecule has 0 spiro atoms. The zero-order chi connectivity index (χ0) is 15.6. The summed E-state index contributed by atoms with van der Waals surface area (Å²) in [5, 5.41) is 20.4. The summed E-state index contributed by atoms with van der Waals surface area (Å²) < 4.78 is 5.59. The van der Waals surface area contributed by atoms with Crippen molar-refractivity contribution in [3.63, 3.8) is 0 Å². The zero-order valence-corrected chi connectivity index (χ0v) is 12.7. The van der Waals surface area contributed by atoms with Gasteiger partial charge in [0, 0.05) is 31.4 Å². The second-order valence-corrected chi connectivity index (χ2v) is 5.98. The molecule has 116 valence electrons. The first-order valence-electron chi connectivity index (χ1n) is 7.20. The summed E-state index contributed by atoms with van der Waals surface area (Å²) in [7, 11) is 1.91. The van der Waals surface area contributed by atoms with Crippen molar-refractivity contribution in [2.45, 2.75) is 38.9 Å². The molecule has 1 aliphatic rings. The van der Waals surface area contributed by atoms with Crippen molar-refractivity contribution in [1.82, 2.24) is 0 Å². The third-order valence-corrected chi connectivity index (χ3v) is 3.64. The van der Waals surface area contributed by atoms with Gasteiger partial charge in [0.15, 0.2) is 0 Å². The minimum Gasteiger partial charge on any atom is -0.491 e. The van der Waals surface area contributed by atoms with Gasteiger partial charge < -0.3 is 14.7 Å². The van der Waals surface area contributed by atoms with Crippen molar-refractivity contribution < 1.29 is 14.8 Å². The van der Waals surface area contributed by atoms with E-state index in [4.69, 9.17) is 4.74 Å². The van der Waals surface area contributed by atoms with E-state index in [0.29, 0.717) is 11.7 Å². The van der Waals surface area contributed by atoms with Crippen LogP contribution in [0.1, 0.15) is 26.7 Å². The molecule has 0 atom stereocenters. The number of anilines is 1. The highest BCUT2D eigenvalue weighted by molar-refractivity contribution is 5.57. The SMILES string of the molecule is CC(C)Oc1cc(N(C)CC2CC(O)C2)cc([N+](=O)[O-])c1. The van der Waals surface area contributed by atoms with Crippen molar-refractivity contribution in [3.05, 3.63) is 28.3 Å². The third-order valence-electron chi connectivity index (χ3n) is 3.64. The Morgan fingerprint density at radius 1 is 1.43 bits per heavy atom. The predicted octanol–water partition coefficient (Wildman–Crippen LogP) is 2.59. The lowest BCUT2D eigenvalue weighted by atomic mass is 9.82. The lowest BCUT2D eigenvalue weighted by molar-refractivity contribution is -0.384. The number of hydrogen-bond donors (Lipinski definition) is 1. The van der Waals surface area contributed by atoms with Gasteiger partial charge in [-0.3, -0.25) is 10.1 Å². The van der Waals surface area contributed by atoms with Crippen LogP contribution in [0.15, 0.2) is 18.2 Å². The summed E-state index contributed by atoms with van der Waals surface area (Å²) in [6.07, 6.45) is 1.38. The Balaban J connectivity index is 2.16. The van der Waals surface area contributed by atoms with Crippen LogP contribution in [0.25, 0.3) is 0 Å². The summed E-state index contributed by atoms with van der Waals surface area (Å²) in [4.78, 5) is 12.6. The van der Waals surface area contributed by atoms with Crippen molar-refractivity contribution in [2.24, 2.45) is 5.92 Å². The highest BCUT2D eigenvalue weighted by Crippen LogP contribution is 2.32. The number of non-ortho nitro benzene ring substituents is 1. The number of aliphatic hydroxyl groups is 1. The van der Waals surface area contributed by atoms with Gasteiger partial charge in [0.1, 0.15) is 5.75 Å². The topological polar surface area (TPSA) is 75.8 Å². The monoisotopic (exact) mass is 294 g/mol. The Labute approximate surface area is 124 Å². The summed E-state index contributed by atoms with van der Waals surface area (Å²) in [6.45, 7) is 4.55. The largest absolute Gasteiger partial charge is 0.491 e. The normalized spacial score (nSPS) is 21.0. The van der Waals surface area contributed by atoms with Crippen LogP contribution in [0.2, 0.25) is 0 Å². The standard InChI is InChI=1S/C15H22N2O4/c1-10(2)21-15-7-12(6-13(8-15)17(19)20)16(3)9-11-4-14(18)5-11/h6-8,10-11,14,18H,4-5,9H2,1-3H3. The molecular weight excluding hydrogens is 272 g/mol. The van der Waals surface area contributed by atoms with Crippen LogP contribution in [0, 0.1) is 16.0 Å². The van der Waals surface area contributed by atoms with Crippen LogP contribution < -0.4 is 9.64 Å². The fraction of sp³-hybridized carbons (Fsp3) is 0.600. The maximum Gasteiger partial charge on any atom is 0.275 e. The molecule has 0 amide bonds. The first-order valence-corrected chi connectivity index (χ1v) is 7.20. The van der Waals surface area contributed by atoms with E-state index in [9.17, 15) is 15.2 Å². The highest BCUT2D eigenvalue weighted by Gasteiger charge is 2.28. The maximum atomic E-state index is 11.0. The average Bonchev–Trinajstić information content (AvgIpc) is 2.35. The molecule has 0 radical (unpaired) electrons. The zero-order valence-electron chi connectivity index (χ0n) is 12.7. The number of nitrogens with zero attached hydrogens (tertiary/aromatic N) is 2. The van der Waals surface area contributed by atoms with E-state index in [2.05, 4.69) is 0 Å². The predicted molar refractivity (Wildman–Crippen MR) is 80.9 cm³/mol. The summed E-state index contributed by atoms with van der Waals surface area (Å²) in [5.74, 6) is 0.952. The van der Waals surface area contributed by atoms with Crippen LogP contribution in [0.3, 0.4) is 0 Å². The average molecular weight is 294 g/mol. The van der Waals surface area contributed by atoms with Crippen LogP contribution >= 0.6 is 0 Å². The van der Waals surface area contributed by atoms with Gasteiger partial charge in [0.05, 0.1) is 23.2 Å². The molecule has 0 bridgehead atoms. The van der Waals surface area contributed by atoms with Gasteiger partial charge in [0.25, 0.3) is 5.69 Å². The Morgan fingerprint density at radius 3 is 2.62 bits per heavy atom. The van der Waals surface area contributed by atoms with E-state index >= 15 is 0 Å².